The molecule has 5 nitrogen and oxygen atoms in total. The van der Waals surface area contributed by atoms with Gasteiger partial charge in [-0.15, -0.1) is 0 Å². The summed E-state index contributed by atoms with van der Waals surface area (Å²) in [6.07, 6.45) is 4.73. The number of benzene rings is 2. The van der Waals surface area contributed by atoms with Crippen LogP contribution in [-0.4, -0.2) is 28.3 Å². The highest BCUT2D eigenvalue weighted by atomic mass is 16.2. The molecule has 142 valence electrons. The topological polar surface area (TPSA) is 71.6 Å². The lowest BCUT2D eigenvalue weighted by Crippen LogP contribution is -2.50. The van der Waals surface area contributed by atoms with Crippen molar-refractivity contribution in [3.8, 4) is 11.1 Å². The number of amides is 1. The third kappa shape index (κ3) is 2.93. The second-order valence-corrected chi connectivity index (χ2v) is 7.15. The maximum atomic E-state index is 12.7. The van der Waals surface area contributed by atoms with E-state index < -0.39 is 5.54 Å². The van der Waals surface area contributed by atoms with Crippen LogP contribution in [0.3, 0.4) is 0 Å². The predicted octanol–water partition coefficient (Wildman–Crippen LogP) is 4.07. The van der Waals surface area contributed by atoms with Gasteiger partial charge in [0.25, 0.3) is 0 Å². The fraction of sp³-hybridized carbons (Fsp3) is 0.261. The number of pyridine rings is 1. The van der Waals surface area contributed by atoms with E-state index in [2.05, 4.69) is 36.2 Å². The van der Waals surface area contributed by atoms with Gasteiger partial charge in [-0.2, -0.15) is 0 Å². The Labute approximate surface area is 164 Å². The van der Waals surface area contributed by atoms with E-state index in [0.717, 1.165) is 27.5 Å². The van der Waals surface area contributed by atoms with Crippen LogP contribution in [0, 0.1) is 0 Å². The van der Waals surface area contributed by atoms with Gasteiger partial charge in [0.2, 0.25) is 5.91 Å². The molecule has 1 amide bonds. The van der Waals surface area contributed by atoms with Gasteiger partial charge < -0.3 is 5.73 Å². The Balaban J connectivity index is 1.84. The molecule has 1 aliphatic rings. The zero-order valence-electron chi connectivity index (χ0n) is 16.2. The average molecular weight is 372 g/mol. The molecule has 1 unspecified atom stereocenters. The van der Waals surface area contributed by atoms with Gasteiger partial charge in [0.05, 0.1) is 12.0 Å². The molecule has 2 aromatic carbocycles. The smallest absolute Gasteiger partial charge is 0.232 e. The average Bonchev–Trinajstić information content (AvgIpc) is 2.73. The molecule has 0 fully saturated rings. The van der Waals surface area contributed by atoms with Gasteiger partial charge in [-0.25, -0.2) is 4.99 Å². The molecule has 1 aliphatic heterocycles. The molecule has 1 atom stereocenters. The zero-order valence-corrected chi connectivity index (χ0v) is 16.2. The van der Waals surface area contributed by atoms with E-state index in [1.165, 1.54) is 0 Å². The number of carbonyl (C=O) groups excluding carboxylic acids is 1. The summed E-state index contributed by atoms with van der Waals surface area (Å²) in [5, 5.41) is 2.25. The Morgan fingerprint density at radius 2 is 1.96 bits per heavy atom. The molecule has 0 bridgehead atoms. The number of aromatic nitrogens is 1. The maximum absolute atomic E-state index is 12.7. The van der Waals surface area contributed by atoms with E-state index in [-0.39, 0.29) is 5.91 Å². The van der Waals surface area contributed by atoms with Gasteiger partial charge in [0.15, 0.2) is 5.96 Å². The summed E-state index contributed by atoms with van der Waals surface area (Å²) < 4.78 is 0. The standard InChI is InChI=1S/C23H24N4O/c1-3-23(14-21(28)27(4-2)22(24)26-23)18-9-5-7-16(13-18)19-10-6-8-17-15-25-12-11-20(17)19/h5-13,15H,3-4,14H2,1-2H3,(H2,24,26). The first-order chi connectivity index (χ1) is 13.6. The first kappa shape index (κ1) is 18.2. The largest absolute Gasteiger partial charge is 0.369 e. The summed E-state index contributed by atoms with van der Waals surface area (Å²) in [5.74, 6) is 0.334. The lowest BCUT2D eigenvalue weighted by molar-refractivity contribution is -0.129. The van der Waals surface area contributed by atoms with Crippen molar-refractivity contribution in [3.63, 3.8) is 0 Å². The van der Waals surface area contributed by atoms with Crippen LogP contribution in [0.15, 0.2) is 65.9 Å². The van der Waals surface area contributed by atoms with Crippen molar-refractivity contribution in [1.29, 1.82) is 0 Å². The third-order valence-electron chi connectivity index (χ3n) is 5.64. The second-order valence-electron chi connectivity index (χ2n) is 7.15. The molecular weight excluding hydrogens is 348 g/mol. The van der Waals surface area contributed by atoms with Crippen molar-refractivity contribution in [3.05, 3.63) is 66.5 Å². The van der Waals surface area contributed by atoms with Crippen LogP contribution in [0.1, 0.15) is 32.3 Å². The van der Waals surface area contributed by atoms with E-state index >= 15 is 0 Å². The number of fused-ring (bicyclic) bond motifs is 1. The van der Waals surface area contributed by atoms with Crippen LogP contribution in [-0.2, 0) is 10.3 Å². The lowest BCUT2D eigenvalue weighted by Gasteiger charge is -2.37. The molecule has 0 spiro atoms. The molecule has 4 rings (SSSR count). The molecule has 0 aliphatic carbocycles. The second kappa shape index (κ2) is 7.08. The summed E-state index contributed by atoms with van der Waals surface area (Å²) in [6.45, 7) is 4.51. The summed E-state index contributed by atoms with van der Waals surface area (Å²) in [6, 6.07) is 16.6. The summed E-state index contributed by atoms with van der Waals surface area (Å²) >= 11 is 0. The van der Waals surface area contributed by atoms with Crippen molar-refractivity contribution in [1.82, 2.24) is 9.88 Å². The van der Waals surface area contributed by atoms with Gasteiger partial charge in [0, 0.05) is 24.3 Å². The highest BCUT2D eigenvalue weighted by Gasteiger charge is 2.39. The monoisotopic (exact) mass is 372 g/mol. The lowest BCUT2D eigenvalue weighted by atomic mass is 9.82. The minimum atomic E-state index is -0.616. The van der Waals surface area contributed by atoms with E-state index in [0.29, 0.717) is 25.3 Å². The van der Waals surface area contributed by atoms with E-state index in [9.17, 15) is 4.79 Å². The Bertz CT molecular complexity index is 1070. The van der Waals surface area contributed by atoms with Crippen molar-refractivity contribution in [2.45, 2.75) is 32.2 Å². The van der Waals surface area contributed by atoms with Gasteiger partial charge in [-0.1, -0.05) is 43.3 Å². The van der Waals surface area contributed by atoms with Gasteiger partial charge in [-0.05, 0) is 47.6 Å². The molecule has 0 radical (unpaired) electrons. The molecule has 3 aromatic rings. The number of carbonyl (C=O) groups is 1. The highest BCUT2D eigenvalue weighted by Crippen LogP contribution is 2.39. The van der Waals surface area contributed by atoms with Crippen molar-refractivity contribution in [2.75, 3.05) is 6.54 Å². The van der Waals surface area contributed by atoms with Gasteiger partial charge >= 0.3 is 0 Å². The van der Waals surface area contributed by atoms with Crippen molar-refractivity contribution >= 4 is 22.6 Å². The number of aliphatic imine (C=N–C) groups is 1. The molecule has 2 heterocycles. The molecule has 0 saturated heterocycles. The van der Waals surface area contributed by atoms with Gasteiger partial charge in [-0.3, -0.25) is 14.7 Å². The molecule has 2 N–H and O–H groups in total. The molecule has 1 aromatic heterocycles. The van der Waals surface area contributed by atoms with E-state index in [1.54, 1.807) is 4.90 Å². The van der Waals surface area contributed by atoms with Crippen LogP contribution < -0.4 is 5.73 Å². The summed E-state index contributed by atoms with van der Waals surface area (Å²) in [4.78, 5) is 23.2. The van der Waals surface area contributed by atoms with Gasteiger partial charge in [0.1, 0.15) is 0 Å². The van der Waals surface area contributed by atoms with Crippen LogP contribution >= 0.6 is 0 Å². The van der Waals surface area contributed by atoms with Crippen LogP contribution in [0.4, 0.5) is 0 Å². The Morgan fingerprint density at radius 1 is 1.14 bits per heavy atom. The quantitative estimate of drug-likeness (QED) is 0.750. The minimum absolute atomic E-state index is 0.0264. The fourth-order valence-electron chi connectivity index (χ4n) is 4.06. The predicted molar refractivity (Wildman–Crippen MR) is 113 cm³/mol. The zero-order chi connectivity index (χ0) is 19.7. The normalized spacial score (nSPS) is 19.7. The molecular formula is C23H24N4O. The summed E-state index contributed by atoms with van der Waals surface area (Å²) in [5.41, 5.74) is 8.78. The highest BCUT2D eigenvalue weighted by molar-refractivity contribution is 5.99. The van der Waals surface area contributed by atoms with Crippen molar-refractivity contribution < 1.29 is 4.79 Å². The third-order valence-corrected chi connectivity index (χ3v) is 5.64. The van der Waals surface area contributed by atoms with Crippen LogP contribution in [0.2, 0.25) is 0 Å². The Morgan fingerprint density at radius 3 is 2.71 bits per heavy atom. The van der Waals surface area contributed by atoms with Crippen LogP contribution in [0.25, 0.3) is 21.9 Å². The molecule has 28 heavy (non-hydrogen) atoms. The first-order valence-corrected chi connectivity index (χ1v) is 9.67. The first-order valence-electron chi connectivity index (χ1n) is 9.67. The number of hydrogen-bond donors (Lipinski definition) is 1. The number of rotatable bonds is 4. The number of nitrogens with two attached hydrogens (primary N) is 1. The van der Waals surface area contributed by atoms with E-state index in [1.807, 2.05) is 43.6 Å². The molecule has 0 saturated carbocycles. The maximum Gasteiger partial charge on any atom is 0.232 e. The van der Waals surface area contributed by atoms with Crippen LogP contribution in [0.5, 0.6) is 0 Å². The minimum Gasteiger partial charge on any atom is -0.369 e. The number of nitrogens with zero attached hydrogens (tertiary/aromatic N) is 3. The molecule has 5 heteroatoms. The Kier molecular flexibility index (Phi) is 4.59. The van der Waals surface area contributed by atoms with Crippen molar-refractivity contribution in [2.24, 2.45) is 10.7 Å². The fourth-order valence-corrected chi connectivity index (χ4v) is 4.06. The number of guanidine groups is 1. The SMILES string of the molecule is CCN1C(=O)CC(CC)(c2cccc(-c3cccc4cnccc34)c2)N=C1N. The Hall–Kier alpha value is -3.21. The van der Waals surface area contributed by atoms with E-state index in [4.69, 9.17) is 10.7 Å². The number of hydrogen-bond acceptors (Lipinski definition) is 4. The summed E-state index contributed by atoms with van der Waals surface area (Å²) in [7, 11) is 0.